The standard InChI is InChI=1S/C19H22N8O3S/c1-12(14-6-4-5-9-21-14)23-24-18-25-26-19(27(18)20)31-11-17(28)22-15-8-7-13(29-2)10-16(15)30-3/h4-10H,11,20H2,1-3H3,(H,22,28)(H,24,25)/b23-12+. The van der Waals surface area contributed by atoms with Gasteiger partial charge in [-0.2, -0.15) is 5.10 Å². The second-order valence-corrected chi connectivity index (χ2v) is 7.05. The summed E-state index contributed by atoms with van der Waals surface area (Å²) >= 11 is 1.13. The lowest BCUT2D eigenvalue weighted by molar-refractivity contribution is -0.113. The molecule has 0 saturated heterocycles. The summed E-state index contributed by atoms with van der Waals surface area (Å²) in [5.74, 6) is 7.17. The molecule has 0 aliphatic rings. The summed E-state index contributed by atoms with van der Waals surface area (Å²) in [7, 11) is 3.07. The third-order valence-electron chi connectivity index (χ3n) is 4.04. The van der Waals surface area contributed by atoms with Crippen LogP contribution in [0, 0.1) is 0 Å². The van der Waals surface area contributed by atoms with Gasteiger partial charge in [0.1, 0.15) is 11.5 Å². The fourth-order valence-corrected chi connectivity index (χ4v) is 3.09. The van der Waals surface area contributed by atoms with Crippen LogP contribution < -0.4 is 26.1 Å². The zero-order chi connectivity index (χ0) is 22.2. The third kappa shape index (κ3) is 5.63. The highest BCUT2D eigenvalue weighted by Gasteiger charge is 2.14. The van der Waals surface area contributed by atoms with Crippen molar-refractivity contribution in [3.8, 4) is 11.5 Å². The quantitative estimate of drug-likeness (QED) is 0.196. The van der Waals surface area contributed by atoms with Crippen LogP contribution in [-0.4, -0.2) is 51.4 Å². The molecule has 162 valence electrons. The van der Waals surface area contributed by atoms with Gasteiger partial charge in [-0.15, -0.1) is 10.2 Å². The zero-order valence-electron chi connectivity index (χ0n) is 17.2. The maximum atomic E-state index is 12.3. The summed E-state index contributed by atoms with van der Waals surface area (Å²) in [6.45, 7) is 1.81. The van der Waals surface area contributed by atoms with Crippen molar-refractivity contribution >= 4 is 35.0 Å². The number of carbonyl (C=O) groups excluding carboxylic acids is 1. The topological polar surface area (TPSA) is 142 Å². The number of hydrazone groups is 1. The van der Waals surface area contributed by atoms with Gasteiger partial charge in [0.15, 0.2) is 0 Å². The number of hydrogen-bond acceptors (Lipinski definition) is 10. The first kappa shape index (κ1) is 21.9. The number of ether oxygens (including phenoxy) is 2. The Morgan fingerprint density at radius 3 is 2.77 bits per heavy atom. The summed E-state index contributed by atoms with van der Waals surface area (Å²) < 4.78 is 11.7. The van der Waals surface area contributed by atoms with E-state index in [0.717, 1.165) is 17.5 Å². The Balaban J connectivity index is 1.58. The molecule has 3 rings (SSSR count). The number of carbonyl (C=O) groups is 1. The molecule has 31 heavy (non-hydrogen) atoms. The number of nitrogens with two attached hydrogens (primary N) is 1. The molecule has 11 nitrogen and oxygen atoms in total. The van der Waals surface area contributed by atoms with Crippen LogP contribution in [0.25, 0.3) is 0 Å². The molecule has 2 heterocycles. The molecule has 4 N–H and O–H groups in total. The van der Waals surface area contributed by atoms with Crippen LogP contribution in [0.1, 0.15) is 12.6 Å². The van der Waals surface area contributed by atoms with Gasteiger partial charge in [0.25, 0.3) is 5.95 Å². The molecular weight excluding hydrogens is 420 g/mol. The van der Waals surface area contributed by atoms with E-state index in [-0.39, 0.29) is 17.6 Å². The number of anilines is 2. The number of hydrogen-bond donors (Lipinski definition) is 3. The number of methoxy groups -OCH3 is 2. The van der Waals surface area contributed by atoms with Crippen molar-refractivity contribution in [2.45, 2.75) is 12.1 Å². The van der Waals surface area contributed by atoms with Crippen LogP contribution in [0.15, 0.2) is 52.9 Å². The van der Waals surface area contributed by atoms with Crippen LogP contribution in [0.4, 0.5) is 11.6 Å². The summed E-state index contributed by atoms with van der Waals surface area (Å²) in [4.78, 5) is 16.6. The molecule has 3 aromatic rings. The Morgan fingerprint density at radius 1 is 1.23 bits per heavy atom. The Hall–Kier alpha value is -3.80. The van der Waals surface area contributed by atoms with E-state index in [1.807, 2.05) is 18.2 Å². The highest BCUT2D eigenvalue weighted by atomic mass is 32.2. The minimum Gasteiger partial charge on any atom is -0.497 e. The van der Waals surface area contributed by atoms with E-state index in [2.05, 4.69) is 31.0 Å². The number of amides is 1. The smallest absolute Gasteiger partial charge is 0.264 e. The Bertz CT molecular complexity index is 1070. The monoisotopic (exact) mass is 442 g/mol. The first-order chi connectivity index (χ1) is 15.0. The van der Waals surface area contributed by atoms with Gasteiger partial charge in [-0.25, -0.2) is 10.1 Å². The highest BCUT2D eigenvalue weighted by Crippen LogP contribution is 2.29. The SMILES string of the molecule is COc1ccc(NC(=O)CSc2nnc(N/N=C(\C)c3ccccn3)n2N)c(OC)c1. The average Bonchev–Trinajstić information content (AvgIpc) is 3.16. The van der Waals surface area contributed by atoms with Crippen LogP contribution >= 0.6 is 11.8 Å². The van der Waals surface area contributed by atoms with Crippen molar-refractivity contribution in [3.05, 3.63) is 48.3 Å². The molecule has 0 radical (unpaired) electrons. The van der Waals surface area contributed by atoms with Gasteiger partial charge in [-0.3, -0.25) is 9.78 Å². The Labute approximate surface area is 183 Å². The van der Waals surface area contributed by atoms with E-state index < -0.39 is 0 Å². The normalized spacial score (nSPS) is 11.1. The molecule has 0 fully saturated rings. The minimum atomic E-state index is -0.255. The van der Waals surface area contributed by atoms with E-state index in [0.29, 0.717) is 28.1 Å². The molecule has 0 spiro atoms. The van der Waals surface area contributed by atoms with E-state index in [1.165, 1.54) is 11.8 Å². The van der Waals surface area contributed by atoms with E-state index in [9.17, 15) is 4.79 Å². The number of nitrogens with zero attached hydrogens (tertiary/aromatic N) is 5. The van der Waals surface area contributed by atoms with Crippen molar-refractivity contribution in [2.75, 3.05) is 36.6 Å². The fraction of sp³-hybridized carbons (Fsp3) is 0.211. The molecule has 2 aromatic heterocycles. The van der Waals surface area contributed by atoms with E-state index >= 15 is 0 Å². The second kappa shape index (κ2) is 10.3. The lowest BCUT2D eigenvalue weighted by atomic mass is 10.2. The third-order valence-corrected chi connectivity index (χ3v) is 4.98. The molecule has 0 aliphatic carbocycles. The number of pyridine rings is 1. The summed E-state index contributed by atoms with van der Waals surface area (Å²) in [6.07, 6.45) is 1.68. The van der Waals surface area contributed by atoms with Crippen molar-refractivity contribution in [3.63, 3.8) is 0 Å². The largest absolute Gasteiger partial charge is 0.497 e. The molecule has 12 heteroatoms. The summed E-state index contributed by atoms with van der Waals surface area (Å²) in [5.41, 5.74) is 4.67. The number of nitrogen functional groups attached to an aromatic ring is 1. The van der Waals surface area contributed by atoms with Crippen LogP contribution in [-0.2, 0) is 4.79 Å². The number of thioether (sulfide) groups is 1. The van der Waals surface area contributed by atoms with Crippen molar-refractivity contribution in [1.29, 1.82) is 0 Å². The van der Waals surface area contributed by atoms with E-state index in [1.54, 1.807) is 38.4 Å². The average molecular weight is 443 g/mol. The van der Waals surface area contributed by atoms with Gasteiger partial charge in [0.2, 0.25) is 11.1 Å². The Morgan fingerprint density at radius 2 is 2.06 bits per heavy atom. The predicted molar refractivity (Wildman–Crippen MR) is 119 cm³/mol. The number of benzene rings is 1. The summed E-state index contributed by atoms with van der Waals surface area (Å²) in [6, 6.07) is 10.7. The molecule has 0 bridgehead atoms. The molecule has 0 aliphatic heterocycles. The van der Waals surface area contributed by atoms with Crippen LogP contribution in [0.3, 0.4) is 0 Å². The lowest BCUT2D eigenvalue weighted by Gasteiger charge is -2.11. The fourth-order valence-electron chi connectivity index (χ4n) is 2.44. The van der Waals surface area contributed by atoms with Gasteiger partial charge in [0, 0.05) is 12.3 Å². The number of rotatable bonds is 9. The zero-order valence-corrected chi connectivity index (χ0v) is 18.0. The molecule has 1 amide bonds. The van der Waals surface area contributed by atoms with Gasteiger partial charge >= 0.3 is 0 Å². The first-order valence-electron chi connectivity index (χ1n) is 9.08. The second-order valence-electron chi connectivity index (χ2n) is 6.10. The highest BCUT2D eigenvalue weighted by molar-refractivity contribution is 7.99. The lowest BCUT2D eigenvalue weighted by Crippen LogP contribution is -2.17. The molecule has 0 saturated carbocycles. The molecular formula is C19H22N8O3S. The van der Waals surface area contributed by atoms with E-state index in [4.69, 9.17) is 15.3 Å². The van der Waals surface area contributed by atoms with Crippen molar-refractivity contribution in [1.82, 2.24) is 19.9 Å². The first-order valence-corrected chi connectivity index (χ1v) is 10.1. The van der Waals surface area contributed by atoms with Crippen molar-refractivity contribution < 1.29 is 14.3 Å². The Kier molecular flexibility index (Phi) is 7.27. The maximum absolute atomic E-state index is 12.3. The van der Waals surface area contributed by atoms with Crippen LogP contribution in [0.5, 0.6) is 11.5 Å². The van der Waals surface area contributed by atoms with Gasteiger partial charge in [-0.1, -0.05) is 17.8 Å². The number of nitrogens with one attached hydrogen (secondary N) is 2. The van der Waals surface area contributed by atoms with Crippen molar-refractivity contribution in [2.24, 2.45) is 5.10 Å². The molecule has 1 aromatic carbocycles. The predicted octanol–water partition coefficient (Wildman–Crippen LogP) is 1.97. The van der Waals surface area contributed by atoms with Gasteiger partial charge in [0.05, 0.1) is 37.1 Å². The minimum absolute atomic E-state index is 0.0702. The number of aromatic nitrogens is 4. The maximum Gasteiger partial charge on any atom is 0.264 e. The van der Waals surface area contributed by atoms with Gasteiger partial charge < -0.3 is 20.6 Å². The molecule has 0 atom stereocenters. The van der Waals surface area contributed by atoms with Crippen LogP contribution in [0.2, 0.25) is 0 Å². The summed E-state index contributed by atoms with van der Waals surface area (Å²) in [5, 5.41) is 15.3. The molecule has 0 unspecified atom stereocenters. The van der Waals surface area contributed by atoms with Gasteiger partial charge in [-0.05, 0) is 31.2 Å².